The molecule has 0 amide bonds. The highest BCUT2D eigenvalue weighted by molar-refractivity contribution is 5.59. The Kier molecular flexibility index (Phi) is 4.14. The minimum Gasteiger partial charge on any atom is -0.389 e. The minimum atomic E-state index is -0.501. The first-order valence-electron chi connectivity index (χ1n) is 7.90. The molecule has 4 heteroatoms. The molecule has 0 spiro atoms. The largest absolute Gasteiger partial charge is 0.389 e. The highest BCUT2D eigenvalue weighted by Crippen LogP contribution is 2.32. The van der Waals surface area contributed by atoms with Crippen molar-refractivity contribution in [2.75, 3.05) is 31.1 Å². The topological polar surface area (TPSA) is 50.5 Å². The van der Waals surface area contributed by atoms with E-state index >= 15 is 0 Å². The zero-order valence-electron chi connectivity index (χ0n) is 12.6. The first kappa shape index (κ1) is 14.4. The van der Waals surface area contributed by atoms with E-state index < -0.39 is 6.10 Å². The fourth-order valence-electron chi connectivity index (χ4n) is 3.61. The monoisotopic (exact) mass is 285 g/mol. The summed E-state index contributed by atoms with van der Waals surface area (Å²) in [4.78, 5) is 4.93. The van der Waals surface area contributed by atoms with E-state index in [1.165, 1.54) is 32.4 Å². The fourth-order valence-corrected chi connectivity index (χ4v) is 3.61. The molecule has 1 unspecified atom stereocenters. The molecule has 2 heterocycles. The van der Waals surface area contributed by atoms with Crippen LogP contribution in [0.1, 0.15) is 43.4 Å². The lowest BCUT2D eigenvalue weighted by Gasteiger charge is -2.26. The van der Waals surface area contributed by atoms with Gasteiger partial charge in [-0.3, -0.25) is 4.90 Å². The van der Waals surface area contributed by atoms with Gasteiger partial charge >= 0.3 is 0 Å². The molecule has 2 aliphatic rings. The third kappa shape index (κ3) is 2.90. The minimum absolute atomic E-state index is 0.501. The standard InChI is InChI=1S/C17H23N3O/c1-13(21)16-5-4-14(11-18)10-17(16)20-9-6-15(12-20)19-7-2-3-8-19/h4-5,10,13,15,21H,2-3,6-9,12H2,1H3/t13-,15?/m0/s1. The smallest absolute Gasteiger partial charge is 0.0992 e. The van der Waals surface area contributed by atoms with Crippen molar-refractivity contribution in [2.24, 2.45) is 0 Å². The van der Waals surface area contributed by atoms with Gasteiger partial charge in [0.05, 0.1) is 17.7 Å². The zero-order valence-corrected chi connectivity index (χ0v) is 12.6. The van der Waals surface area contributed by atoms with Gasteiger partial charge < -0.3 is 10.0 Å². The number of hydrogen-bond donors (Lipinski definition) is 1. The summed E-state index contributed by atoms with van der Waals surface area (Å²) in [5.74, 6) is 0. The molecule has 2 saturated heterocycles. The maximum absolute atomic E-state index is 9.99. The van der Waals surface area contributed by atoms with E-state index in [2.05, 4.69) is 15.9 Å². The molecule has 0 aliphatic carbocycles. The molecule has 21 heavy (non-hydrogen) atoms. The summed E-state index contributed by atoms with van der Waals surface area (Å²) in [6.07, 6.45) is 3.31. The Bertz CT molecular complexity index is 543. The molecule has 1 N–H and O–H groups in total. The summed E-state index contributed by atoms with van der Waals surface area (Å²) >= 11 is 0. The molecule has 0 bridgehead atoms. The quantitative estimate of drug-likeness (QED) is 0.925. The number of likely N-dealkylation sites (tertiary alicyclic amines) is 1. The van der Waals surface area contributed by atoms with Crippen molar-refractivity contribution in [3.8, 4) is 6.07 Å². The van der Waals surface area contributed by atoms with Crippen molar-refractivity contribution in [3.05, 3.63) is 29.3 Å². The Morgan fingerprint density at radius 3 is 2.71 bits per heavy atom. The van der Waals surface area contributed by atoms with Gasteiger partial charge in [-0.25, -0.2) is 0 Å². The third-order valence-electron chi connectivity index (χ3n) is 4.77. The first-order chi connectivity index (χ1) is 10.2. The molecule has 0 saturated carbocycles. The van der Waals surface area contributed by atoms with Crippen molar-refractivity contribution in [3.63, 3.8) is 0 Å². The number of aliphatic hydroxyl groups excluding tert-OH is 1. The van der Waals surface area contributed by atoms with Crippen LogP contribution in [0.2, 0.25) is 0 Å². The fraction of sp³-hybridized carbons (Fsp3) is 0.588. The number of anilines is 1. The first-order valence-corrected chi connectivity index (χ1v) is 7.90. The summed E-state index contributed by atoms with van der Waals surface area (Å²) in [6, 6.07) is 8.44. The lowest BCUT2D eigenvalue weighted by atomic mass is 10.0. The predicted octanol–water partition coefficient (Wildman–Crippen LogP) is 2.29. The molecule has 2 aliphatic heterocycles. The average Bonchev–Trinajstić information content (AvgIpc) is 3.17. The molecule has 0 radical (unpaired) electrons. The zero-order chi connectivity index (χ0) is 14.8. The van der Waals surface area contributed by atoms with Gasteiger partial charge in [0.2, 0.25) is 0 Å². The van der Waals surface area contributed by atoms with E-state index in [4.69, 9.17) is 5.26 Å². The number of rotatable bonds is 3. The predicted molar refractivity (Wildman–Crippen MR) is 83.2 cm³/mol. The van der Waals surface area contributed by atoms with Crippen LogP contribution in [0, 0.1) is 11.3 Å². The Morgan fingerprint density at radius 1 is 1.29 bits per heavy atom. The Labute approximate surface area is 126 Å². The molecule has 112 valence electrons. The maximum atomic E-state index is 9.99. The second-order valence-corrected chi connectivity index (χ2v) is 6.19. The second-order valence-electron chi connectivity index (χ2n) is 6.19. The molecule has 2 fully saturated rings. The summed E-state index contributed by atoms with van der Waals surface area (Å²) < 4.78 is 0. The lowest BCUT2D eigenvalue weighted by molar-refractivity contribution is 0.199. The van der Waals surface area contributed by atoms with Crippen molar-refractivity contribution in [2.45, 2.75) is 38.3 Å². The average molecular weight is 285 g/mol. The van der Waals surface area contributed by atoms with Gasteiger partial charge in [-0.1, -0.05) is 6.07 Å². The van der Waals surface area contributed by atoms with E-state index in [1.807, 2.05) is 12.1 Å². The van der Waals surface area contributed by atoms with E-state index in [0.717, 1.165) is 24.3 Å². The molecule has 1 aromatic rings. The highest BCUT2D eigenvalue weighted by atomic mass is 16.3. The molecule has 1 aromatic carbocycles. The van der Waals surface area contributed by atoms with Gasteiger partial charge in [-0.2, -0.15) is 5.26 Å². The lowest BCUT2D eigenvalue weighted by Crippen LogP contribution is -2.35. The van der Waals surface area contributed by atoms with Gasteiger partial charge in [-0.05, 0) is 51.4 Å². The van der Waals surface area contributed by atoms with E-state index in [9.17, 15) is 5.11 Å². The number of hydrogen-bond acceptors (Lipinski definition) is 4. The van der Waals surface area contributed by atoms with Crippen LogP contribution < -0.4 is 4.90 Å². The van der Waals surface area contributed by atoms with Crippen LogP contribution in [0.3, 0.4) is 0 Å². The van der Waals surface area contributed by atoms with Gasteiger partial charge in [0.1, 0.15) is 0 Å². The summed E-state index contributed by atoms with van der Waals surface area (Å²) in [5, 5.41) is 19.1. The van der Waals surface area contributed by atoms with Crippen LogP contribution >= 0.6 is 0 Å². The maximum Gasteiger partial charge on any atom is 0.0992 e. The Morgan fingerprint density at radius 2 is 2.05 bits per heavy atom. The number of aliphatic hydroxyl groups is 1. The normalized spacial score (nSPS) is 24.2. The molecular formula is C17H23N3O. The third-order valence-corrected chi connectivity index (χ3v) is 4.77. The molecule has 2 atom stereocenters. The molecule has 3 rings (SSSR count). The molecular weight excluding hydrogens is 262 g/mol. The van der Waals surface area contributed by atoms with Crippen molar-refractivity contribution in [1.29, 1.82) is 5.26 Å². The number of benzene rings is 1. The van der Waals surface area contributed by atoms with Gasteiger partial charge in [0.15, 0.2) is 0 Å². The SMILES string of the molecule is C[C@H](O)c1ccc(C#N)cc1N1CCC(N2CCCC2)C1. The van der Waals surface area contributed by atoms with Gasteiger partial charge in [-0.15, -0.1) is 0 Å². The molecule has 4 nitrogen and oxygen atoms in total. The number of nitriles is 1. The summed E-state index contributed by atoms with van der Waals surface area (Å²) in [7, 11) is 0. The van der Waals surface area contributed by atoms with Crippen molar-refractivity contribution >= 4 is 5.69 Å². The van der Waals surface area contributed by atoms with Crippen LogP contribution in [0.4, 0.5) is 5.69 Å². The van der Waals surface area contributed by atoms with E-state index in [0.29, 0.717) is 11.6 Å². The Hall–Kier alpha value is -1.57. The van der Waals surface area contributed by atoms with Crippen LogP contribution in [-0.2, 0) is 0 Å². The van der Waals surface area contributed by atoms with E-state index in [-0.39, 0.29) is 0 Å². The number of nitrogens with zero attached hydrogens (tertiary/aromatic N) is 3. The van der Waals surface area contributed by atoms with Crippen LogP contribution in [0.25, 0.3) is 0 Å². The summed E-state index contributed by atoms with van der Waals surface area (Å²) in [5.41, 5.74) is 2.63. The van der Waals surface area contributed by atoms with E-state index in [1.54, 1.807) is 13.0 Å². The highest BCUT2D eigenvalue weighted by Gasteiger charge is 2.30. The van der Waals surface area contributed by atoms with Gasteiger partial charge in [0.25, 0.3) is 0 Å². The Balaban J connectivity index is 1.81. The van der Waals surface area contributed by atoms with Crippen LogP contribution in [0.5, 0.6) is 0 Å². The molecule has 0 aromatic heterocycles. The van der Waals surface area contributed by atoms with Crippen LogP contribution in [-0.4, -0.2) is 42.2 Å². The second kappa shape index (κ2) is 6.05. The van der Waals surface area contributed by atoms with Crippen LogP contribution in [0.15, 0.2) is 18.2 Å². The summed E-state index contributed by atoms with van der Waals surface area (Å²) in [6.45, 7) is 6.25. The van der Waals surface area contributed by atoms with Crippen molar-refractivity contribution < 1.29 is 5.11 Å². The van der Waals surface area contributed by atoms with Gasteiger partial charge in [0, 0.05) is 30.4 Å². The van der Waals surface area contributed by atoms with Crippen molar-refractivity contribution in [1.82, 2.24) is 4.90 Å².